The van der Waals surface area contributed by atoms with Gasteiger partial charge in [0.05, 0.1) is 18.1 Å². The first-order chi connectivity index (χ1) is 9.50. The van der Waals surface area contributed by atoms with Gasteiger partial charge in [0.15, 0.2) is 0 Å². The molecule has 1 fully saturated rings. The van der Waals surface area contributed by atoms with Crippen LogP contribution in [-0.4, -0.2) is 44.1 Å². The second kappa shape index (κ2) is 6.53. The monoisotopic (exact) mass is 363 g/mol. The predicted octanol–water partition coefficient (Wildman–Crippen LogP) is 1.74. The van der Waals surface area contributed by atoms with Crippen LogP contribution < -0.4 is 0 Å². The van der Waals surface area contributed by atoms with Crippen LogP contribution in [0.5, 0.6) is 0 Å². The maximum absolute atomic E-state index is 12.8. The van der Waals surface area contributed by atoms with Crippen molar-refractivity contribution in [2.75, 3.05) is 20.3 Å². The third-order valence-electron chi connectivity index (χ3n) is 3.23. The summed E-state index contributed by atoms with van der Waals surface area (Å²) in [5.41, 5.74) is 0.578. The van der Waals surface area contributed by atoms with Crippen molar-refractivity contribution in [3.8, 4) is 0 Å². The smallest absolute Gasteiger partial charge is 0.244 e. The fourth-order valence-corrected chi connectivity index (χ4v) is 4.66. The van der Waals surface area contributed by atoms with Crippen LogP contribution in [-0.2, 0) is 21.4 Å². The molecule has 20 heavy (non-hydrogen) atoms. The summed E-state index contributed by atoms with van der Waals surface area (Å²) >= 11 is 3.28. The fraction of sp³-hybridized carbons (Fsp3) is 0.538. The molecule has 5 nitrogen and oxygen atoms in total. The zero-order chi connectivity index (χ0) is 14.8. The molecule has 0 bridgehead atoms. The van der Waals surface area contributed by atoms with Crippen molar-refractivity contribution in [2.24, 2.45) is 0 Å². The molecule has 0 unspecified atom stereocenters. The van der Waals surface area contributed by atoms with Gasteiger partial charge in [-0.05, 0) is 46.5 Å². The van der Waals surface area contributed by atoms with Gasteiger partial charge in [-0.2, -0.15) is 4.31 Å². The quantitative estimate of drug-likeness (QED) is 0.801. The molecule has 0 radical (unpaired) electrons. The highest BCUT2D eigenvalue weighted by Crippen LogP contribution is 2.34. The van der Waals surface area contributed by atoms with E-state index < -0.39 is 10.0 Å². The van der Waals surface area contributed by atoms with E-state index >= 15 is 0 Å². The number of methoxy groups -OCH3 is 1. The van der Waals surface area contributed by atoms with Gasteiger partial charge in [-0.25, -0.2) is 8.42 Å². The molecule has 1 aromatic rings. The number of hydrogen-bond acceptors (Lipinski definition) is 4. The second-order valence-electron chi connectivity index (χ2n) is 4.76. The lowest BCUT2D eigenvalue weighted by Crippen LogP contribution is -2.36. The van der Waals surface area contributed by atoms with Crippen LogP contribution in [0.15, 0.2) is 27.6 Å². The van der Waals surface area contributed by atoms with Gasteiger partial charge in [0.2, 0.25) is 10.0 Å². The van der Waals surface area contributed by atoms with E-state index in [0.29, 0.717) is 23.2 Å². The van der Waals surface area contributed by atoms with Crippen LogP contribution in [0.25, 0.3) is 0 Å². The molecule has 1 aromatic carbocycles. The van der Waals surface area contributed by atoms with E-state index in [2.05, 4.69) is 15.9 Å². The molecule has 0 heterocycles. The van der Waals surface area contributed by atoms with E-state index in [1.807, 2.05) is 0 Å². The van der Waals surface area contributed by atoms with Crippen molar-refractivity contribution in [1.29, 1.82) is 0 Å². The van der Waals surface area contributed by atoms with E-state index in [1.54, 1.807) is 19.2 Å². The summed E-state index contributed by atoms with van der Waals surface area (Å²) in [6.45, 7) is 0.531. The standard InChI is InChI=1S/C13H18BrNO4S/c1-19-7-6-15(11-3-4-11)20(17,18)13-8-10(9-16)2-5-12(13)14/h2,5,8,11,16H,3-4,6-7,9H2,1H3. The second-order valence-corrected chi connectivity index (χ2v) is 7.48. The molecule has 0 amide bonds. The molecule has 1 N–H and O–H groups in total. The van der Waals surface area contributed by atoms with Crippen molar-refractivity contribution >= 4 is 26.0 Å². The zero-order valence-corrected chi connectivity index (χ0v) is 13.7. The number of sulfonamides is 1. The normalized spacial score (nSPS) is 15.8. The van der Waals surface area contributed by atoms with Gasteiger partial charge >= 0.3 is 0 Å². The number of rotatable bonds is 7. The molecular weight excluding hydrogens is 346 g/mol. The highest BCUT2D eigenvalue weighted by atomic mass is 79.9. The number of benzene rings is 1. The van der Waals surface area contributed by atoms with Crippen LogP contribution in [0.2, 0.25) is 0 Å². The lowest BCUT2D eigenvalue weighted by molar-refractivity contribution is 0.177. The average Bonchev–Trinajstić information content (AvgIpc) is 3.24. The predicted molar refractivity (Wildman–Crippen MR) is 78.9 cm³/mol. The van der Waals surface area contributed by atoms with Crippen molar-refractivity contribution in [3.63, 3.8) is 0 Å². The highest BCUT2D eigenvalue weighted by Gasteiger charge is 2.38. The molecule has 0 spiro atoms. The van der Waals surface area contributed by atoms with Crippen LogP contribution >= 0.6 is 15.9 Å². The first-order valence-corrected chi connectivity index (χ1v) is 8.64. The molecular formula is C13H18BrNO4S. The molecule has 0 aliphatic heterocycles. The van der Waals surface area contributed by atoms with E-state index in [9.17, 15) is 13.5 Å². The zero-order valence-electron chi connectivity index (χ0n) is 11.3. The van der Waals surface area contributed by atoms with Crippen LogP contribution in [0, 0.1) is 0 Å². The SMILES string of the molecule is COCCN(C1CC1)S(=O)(=O)c1cc(CO)ccc1Br. The third kappa shape index (κ3) is 3.40. The van der Waals surface area contributed by atoms with Gasteiger partial charge in [-0.1, -0.05) is 6.07 Å². The summed E-state index contributed by atoms with van der Waals surface area (Å²) in [7, 11) is -2.02. The molecule has 112 valence electrons. The Morgan fingerprint density at radius 1 is 1.45 bits per heavy atom. The number of ether oxygens (including phenoxy) is 1. The van der Waals surface area contributed by atoms with Gasteiger partial charge in [0.25, 0.3) is 0 Å². The Balaban J connectivity index is 2.36. The van der Waals surface area contributed by atoms with E-state index in [0.717, 1.165) is 12.8 Å². The van der Waals surface area contributed by atoms with E-state index in [4.69, 9.17) is 4.74 Å². The Kier molecular flexibility index (Phi) is 5.19. The number of halogens is 1. The van der Waals surface area contributed by atoms with Crippen LogP contribution in [0.4, 0.5) is 0 Å². The van der Waals surface area contributed by atoms with Crippen molar-refractivity contribution < 1.29 is 18.3 Å². The van der Waals surface area contributed by atoms with Crippen LogP contribution in [0.3, 0.4) is 0 Å². The summed E-state index contributed by atoms with van der Waals surface area (Å²) in [5.74, 6) is 0. The number of aliphatic hydroxyl groups is 1. The molecule has 1 aliphatic carbocycles. The minimum Gasteiger partial charge on any atom is -0.392 e. The molecule has 0 saturated heterocycles. The van der Waals surface area contributed by atoms with Crippen molar-refractivity contribution in [3.05, 3.63) is 28.2 Å². The lowest BCUT2D eigenvalue weighted by Gasteiger charge is -2.22. The Hall–Kier alpha value is -0.470. The van der Waals surface area contributed by atoms with Gasteiger partial charge in [-0.15, -0.1) is 0 Å². The first-order valence-electron chi connectivity index (χ1n) is 6.40. The maximum atomic E-state index is 12.8. The molecule has 1 saturated carbocycles. The highest BCUT2D eigenvalue weighted by molar-refractivity contribution is 9.10. The summed E-state index contributed by atoms with van der Waals surface area (Å²) in [4.78, 5) is 0.201. The van der Waals surface area contributed by atoms with E-state index in [-0.39, 0.29) is 17.5 Å². The lowest BCUT2D eigenvalue weighted by atomic mass is 10.2. The molecule has 7 heteroatoms. The van der Waals surface area contributed by atoms with E-state index in [1.165, 1.54) is 10.4 Å². The summed E-state index contributed by atoms with van der Waals surface area (Å²) < 4.78 is 32.5. The van der Waals surface area contributed by atoms with Crippen molar-refractivity contribution in [1.82, 2.24) is 4.31 Å². The van der Waals surface area contributed by atoms with Gasteiger partial charge in [-0.3, -0.25) is 0 Å². The van der Waals surface area contributed by atoms with Gasteiger partial charge in [0, 0.05) is 24.2 Å². The Morgan fingerprint density at radius 2 is 2.15 bits per heavy atom. The summed E-state index contributed by atoms with van der Waals surface area (Å²) in [6.07, 6.45) is 1.78. The number of aliphatic hydroxyl groups excluding tert-OH is 1. The Morgan fingerprint density at radius 3 is 2.70 bits per heavy atom. The van der Waals surface area contributed by atoms with Crippen LogP contribution in [0.1, 0.15) is 18.4 Å². The first kappa shape index (κ1) is 15.9. The van der Waals surface area contributed by atoms with Gasteiger partial charge < -0.3 is 9.84 Å². The molecule has 1 aliphatic rings. The van der Waals surface area contributed by atoms with Crippen molar-refractivity contribution in [2.45, 2.75) is 30.4 Å². The maximum Gasteiger partial charge on any atom is 0.244 e. The number of hydrogen-bond donors (Lipinski definition) is 1. The topological polar surface area (TPSA) is 66.8 Å². The minimum atomic E-state index is -3.58. The number of nitrogens with zero attached hydrogens (tertiary/aromatic N) is 1. The summed E-state index contributed by atoms with van der Waals surface area (Å²) in [6, 6.07) is 4.93. The largest absolute Gasteiger partial charge is 0.392 e. The average molecular weight is 364 g/mol. The fourth-order valence-electron chi connectivity index (χ4n) is 2.01. The Bertz CT molecular complexity index is 572. The van der Waals surface area contributed by atoms with Gasteiger partial charge in [0.1, 0.15) is 0 Å². The molecule has 2 rings (SSSR count). The minimum absolute atomic E-state index is 0.0693. The summed E-state index contributed by atoms with van der Waals surface area (Å²) in [5, 5.41) is 9.18. The molecule has 0 atom stereocenters. The third-order valence-corrected chi connectivity index (χ3v) is 6.18. The molecule has 0 aromatic heterocycles. The Labute approximate surface area is 127 Å².